The van der Waals surface area contributed by atoms with Crippen LogP contribution < -0.4 is 5.32 Å². The molecule has 0 bridgehead atoms. The third-order valence-corrected chi connectivity index (χ3v) is 7.18. The molecular weight excluding hydrogens is 439 g/mol. The summed E-state index contributed by atoms with van der Waals surface area (Å²) < 4.78 is 15.6. The summed E-state index contributed by atoms with van der Waals surface area (Å²) in [7, 11) is 1.86. The molecule has 1 aliphatic heterocycles. The largest absolute Gasteiger partial charge is 0.330 e. The molecule has 1 saturated carbocycles. The fourth-order valence-electron chi connectivity index (χ4n) is 5.18. The zero-order chi connectivity index (χ0) is 22.9. The summed E-state index contributed by atoms with van der Waals surface area (Å²) in [5, 5.41) is 8.49. The molecule has 0 spiro atoms. The lowest BCUT2D eigenvalue weighted by Crippen LogP contribution is -2.46. The second-order valence-corrected chi connectivity index (χ2v) is 9.55. The van der Waals surface area contributed by atoms with Crippen molar-refractivity contribution in [1.29, 1.82) is 0 Å². The number of rotatable bonds is 7. The number of nitrogens with one attached hydrogen (secondary N) is 1. The van der Waals surface area contributed by atoms with Crippen LogP contribution in [0.3, 0.4) is 0 Å². The maximum atomic E-state index is 13.8. The van der Waals surface area contributed by atoms with Crippen LogP contribution in [0, 0.1) is 5.82 Å². The van der Waals surface area contributed by atoms with Gasteiger partial charge in [-0.3, -0.25) is 9.48 Å². The van der Waals surface area contributed by atoms with E-state index in [1.165, 1.54) is 31.7 Å². The van der Waals surface area contributed by atoms with Gasteiger partial charge >= 0.3 is 0 Å². The number of amides is 1. The second kappa shape index (κ2) is 9.27. The van der Waals surface area contributed by atoms with Gasteiger partial charge in [-0.25, -0.2) is 4.39 Å². The third-order valence-electron chi connectivity index (χ3n) is 6.90. The van der Waals surface area contributed by atoms with Crippen molar-refractivity contribution in [2.75, 3.05) is 6.54 Å². The average molecular weight is 467 g/mol. The van der Waals surface area contributed by atoms with E-state index in [4.69, 9.17) is 11.6 Å². The summed E-state index contributed by atoms with van der Waals surface area (Å²) in [6.07, 6.45) is 7.09. The lowest BCUT2D eigenvalue weighted by atomic mass is 10.0. The second-order valence-electron chi connectivity index (χ2n) is 9.15. The zero-order valence-electron chi connectivity index (χ0n) is 18.7. The van der Waals surface area contributed by atoms with Gasteiger partial charge in [0.05, 0.1) is 16.9 Å². The molecule has 1 aromatic heterocycles. The standard InChI is InChI=1S/C26H28ClFN4O/c1-31-25(24(27)15-30-31)18-9-10-23-19(13-18)16-32(26(23)33)22(14-29-21-7-2-3-8-21)12-17-5-4-6-20(28)11-17/h4-6,9-11,13,15,21-22,29H,2-3,7-8,12,14,16H2,1H3/t22-/m0/s1. The van der Waals surface area contributed by atoms with Gasteiger partial charge in [0.1, 0.15) is 5.82 Å². The highest BCUT2D eigenvalue weighted by Gasteiger charge is 2.33. The number of aromatic nitrogens is 2. The smallest absolute Gasteiger partial charge is 0.254 e. The molecule has 33 heavy (non-hydrogen) atoms. The van der Waals surface area contributed by atoms with Crippen LogP contribution in [-0.2, 0) is 20.0 Å². The van der Waals surface area contributed by atoms with Crippen LogP contribution in [0.15, 0.2) is 48.7 Å². The Bertz CT molecular complexity index is 1150. The fourth-order valence-corrected chi connectivity index (χ4v) is 5.46. The van der Waals surface area contributed by atoms with Crippen LogP contribution >= 0.6 is 11.6 Å². The van der Waals surface area contributed by atoms with Crippen molar-refractivity contribution >= 4 is 17.5 Å². The van der Waals surface area contributed by atoms with Crippen LogP contribution in [0.1, 0.15) is 47.2 Å². The number of halogens is 2. The summed E-state index contributed by atoms with van der Waals surface area (Å²) in [5.74, 6) is -0.217. The zero-order valence-corrected chi connectivity index (χ0v) is 19.5. The normalized spacial score (nSPS) is 17.1. The van der Waals surface area contributed by atoms with Gasteiger partial charge in [0.2, 0.25) is 0 Å². The van der Waals surface area contributed by atoms with E-state index in [0.29, 0.717) is 30.6 Å². The molecule has 0 radical (unpaired) electrons. The first-order valence-corrected chi connectivity index (χ1v) is 12.0. The maximum Gasteiger partial charge on any atom is 0.254 e. The van der Waals surface area contributed by atoms with Crippen LogP contribution in [0.25, 0.3) is 11.3 Å². The van der Waals surface area contributed by atoms with Gasteiger partial charge in [-0.15, -0.1) is 0 Å². The number of carbonyl (C=O) groups excluding carboxylic acids is 1. The summed E-state index contributed by atoms with van der Waals surface area (Å²) in [4.78, 5) is 15.3. The van der Waals surface area contributed by atoms with E-state index in [1.807, 2.05) is 36.2 Å². The Balaban J connectivity index is 1.40. The minimum atomic E-state index is -0.247. The molecule has 1 amide bonds. The van der Waals surface area contributed by atoms with Gasteiger partial charge in [-0.1, -0.05) is 42.6 Å². The quantitative estimate of drug-likeness (QED) is 0.534. The van der Waals surface area contributed by atoms with E-state index in [-0.39, 0.29) is 17.8 Å². The highest BCUT2D eigenvalue weighted by molar-refractivity contribution is 6.33. The first kappa shape index (κ1) is 22.1. The predicted octanol–water partition coefficient (Wildman–Crippen LogP) is 4.98. The Labute approximate surface area is 198 Å². The molecule has 0 saturated heterocycles. The van der Waals surface area contributed by atoms with Crippen molar-refractivity contribution < 1.29 is 9.18 Å². The van der Waals surface area contributed by atoms with Gasteiger partial charge in [0, 0.05) is 43.3 Å². The number of carbonyl (C=O) groups is 1. The summed E-state index contributed by atoms with van der Waals surface area (Å²) >= 11 is 6.35. The average Bonchev–Trinajstić information content (AvgIpc) is 3.51. The molecule has 3 aromatic rings. The van der Waals surface area contributed by atoms with Crippen LogP contribution in [0.2, 0.25) is 5.02 Å². The van der Waals surface area contributed by atoms with E-state index in [9.17, 15) is 9.18 Å². The molecule has 5 nitrogen and oxygen atoms in total. The monoisotopic (exact) mass is 466 g/mol. The lowest BCUT2D eigenvalue weighted by Gasteiger charge is -2.29. The minimum Gasteiger partial charge on any atom is -0.330 e. The molecule has 1 atom stereocenters. The molecule has 2 aliphatic rings. The fraction of sp³-hybridized carbons (Fsp3) is 0.385. The summed E-state index contributed by atoms with van der Waals surface area (Å²) in [6, 6.07) is 13.0. The van der Waals surface area contributed by atoms with Crippen molar-refractivity contribution in [3.8, 4) is 11.3 Å². The molecule has 1 N–H and O–H groups in total. The van der Waals surface area contributed by atoms with Crippen molar-refractivity contribution in [2.24, 2.45) is 7.05 Å². The van der Waals surface area contributed by atoms with E-state index in [1.54, 1.807) is 23.0 Å². The number of nitrogens with zero attached hydrogens (tertiary/aromatic N) is 3. The van der Waals surface area contributed by atoms with E-state index in [2.05, 4.69) is 10.4 Å². The number of hydrogen-bond donors (Lipinski definition) is 1. The molecule has 1 fully saturated rings. The summed E-state index contributed by atoms with van der Waals surface area (Å²) in [5.41, 5.74) is 4.39. The molecule has 172 valence electrons. The van der Waals surface area contributed by atoms with Crippen LogP contribution in [0.5, 0.6) is 0 Å². The van der Waals surface area contributed by atoms with Gasteiger partial charge in [-0.05, 0) is 54.7 Å². The topological polar surface area (TPSA) is 50.2 Å². The van der Waals surface area contributed by atoms with Crippen molar-refractivity contribution in [1.82, 2.24) is 20.0 Å². The van der Waals surface area contributed by atoms with Crippen molar-refractivity contribution in [2.45, 2.75) is 50.7 Å². The SMILES string of the molecule is Cn1ncc(Cl)c1-c1ccc2c(c1)CN([C@H](CNC1CCCC1)Cc1cccc(F)c1)C2=O. The number of aryl methyl sites for hydroxylation is 1. The third kappa shape index (κ3) is 4.55. The first-order valence-electron chi connectivity index (χ1n) is 11.6. The molecule has 2 heterocycles. The molecule has 5 rings (SSSR count). The highest BCUT2D eigenvalue weighted by atomic mass is 35.5. The van der Waals surface area contributed by atoms with E-state index >= 15 is 0 Å². The van der Waals surface area contributed by atoms with Gasteiger partial charge < -0.3 is 10.2 Å². The molecule has 1 aliphatic carbocycles. The number of benzene rings is 2. The highest BCUT2D eigenvalue weighted by Crippen LogP contribution is 2.33. The number of fused-ring (bicyclic) bond motifs is 1. The van der Waals surface area contributed by atoms with E-state index in [0.717, 1.165) is 27.9 Å². The Morgan fingerprint density at radius 2 is 2.03 bits per heavy atom. The molecule has 7 heteroatoms. The van der Waals surface area contributed by atoms with Crippen LogP contribution in [0.4, 0.5) is 4.39 Å². The van der Waals surface area contributed by atoms with E-state index < -0.39 is 0 Å². The molecule has 0 unspecified atom stereocenters. The van der Waals surface area contributed by atoms with Crippen LogP contribution in [-0.4, -0.2) is 39.2 Å². The first-order chi connectivity index (χ1) is 16.0. The maximum absolute atomic E-state index is 13.8. The van der Waals surface area contributed by atoms with Gasteiger partial charge in [-0.2, -0.15) is 5.10 Å². The number of hydrogen-bond acceptors (Lipinski definition) is 3. The molecule has 2 aromatic carbocycles. The Kier molecular flexibility index (Phi) is 6.21. The lowest BCUT2D eigenvalue weighted by molar-refractivity contribution is 0.0697. The van der Waals surface area contributed by atoms with Crippen molar-refractivity contribution in [3.05, 3.63) is 76.2 Å². The van der Waals surface area contributed by atoms with Crippen molar-refractivity contribution in [3.63, 3.8) is 0 Å². The Hall–Kier alpha value is -2.70. The van der Waals surface area contributed by atoms with Gasteiger partial charge in [0.25, 0.3) is 5.91 Å². The van der Waals surface area contributed by atoms with Gasteiger partial charge in [0.15, 0.2) is 0 Å². The minimum absolute atomic E-state index is 0.0299. The Morgan fingerprint density at radius 1 is 1.21 bits per heavy atom. The Morgan fingerprint density at radius 3 is 2.76 bits per heavy atom. The summed E-state index contributed by atoms with van der Waals surface area (Å²) in [6.45, 7) is 1.23. The predicted molar refractivity (Wildman–Crippen MR) is 128 cm³/mol. The molecular formula is C26H28ClFN4O.